The summed E-state index contributed by atoms with van der Waals surface area (Å²) < 4.78 is 0. The number of nitrogens with zero attached hydrogens (tertiary/aromatic N) is 1. The summed E-state index contributed by atoms with van der Waals surface area (Å²) in [5.74, 6) is 1.01. The van der Waals surface area contributed by atoms with Crippen LogP contribution in [0.3, 0.4) is 0 Å². The molecular weight excluding hydrogens is 188 g/mol. The summed E-state index contributed by atoms with van der Waals surface area (Å²) in [7, 11) is 0. The number of rotatable bonds is 2. The third-order valence-electron chi connectivity index (χ3n) is 3.54. The van der Waals surface area contributed by atoms with Gasteiger partial charge in [-0.25, -0.2) is 0 Å². The highest BCUT2D eigenvalue weighted by Gasteiger charge is 2.23. The molecule has 0 aromatic rings. The Morgan fingerprint density at radius 2 is 1.67 bits per heavy atom. The lowest BCUT2D eigenvalue weighted by atomic mass is 9.98. The Bertz CT molecular complexity index is 206. The fraction of sp³-hybridized carbons (Fsp3) is 0.917. The molecule has 3 heteroatoms. The van der Waals surface area contributed by atoms with Gasteiger partial charge in [0, 0.05) is 19.5 Å². The van der Waals surface area contributed by atoms with E-state index in [4.69, 9.17) is 0 Å². The summed E-state index contributed by atoms with van der Waals surface area (Å²) in [4.78, 5) is 14.1. The van der Waals surface area contributed by atoms with Crippen LogP contribution in [0, 0.1) is 5.92 Å². The second-order valence-electron chi connectivity index (χ2n) is 4.88. The van der Waals surface area contributed by atoms with E-state index in [-0.39, 0.29) is 0 Å². The van der Waals surface area contributed by atoms with Gasteiger partial charge in [-0.15, -0.1) is 0 Å². The van der Waals surface area contributed by atoms with E-state index >= 15 is 0 Å². The zero-order valence-electron chi connectivity index (χ0n) is 9.50. The van der Waals surface area contributed by atoms with Crippen molar-refractivity contribution in [1.29, 1.82) is 0 Å². The number of carbonyl (C=O) groups excluding carboxylic acids is 1. The van der Waals surface area contributed by atoms with Gasteiger partial charge in [-0.05, 0) is 31.8 Å². The van der Waals surface area contributed by atoms with Crippen LogP contribution in [0.1, 0.15) is 38.5 Å². The minimum atomic E-state index is 0.392. The van der Waals surface area contributed by atoms with E-state index in [1.54, 1.807) is 0 Å². The van der Waals surface area contributed by atoms with E-state index in [2.05, 4.69) is 10.2 Å². The molecule has 2 aliphatic heterocycles. The van der Waals surface area contributed by atoms with Gasteiger partial charge in [0.2, 0.25) is 5.91 Å². The molecule has 2 fully saturated rings. The number of likely N-dealkylation sites (tertiary alicyclic amines) is 1. The van der Waals surface area contributed by atoms with Crippen molar-refractivity contribution in [2.24, 2.45) is 5.92 Å². The van der Waals surface area contributed by atoms with Crippen molar-refractivity contribution >= 4 is 5.91 Å². The van der Waals surface area contributed by atoms with Crippen LogP contribution >= 0.6 is 0 Å². The summed E-state index contributed by atoms with van der Waals surface area (Å²) in [6.07, 6.45) is 7.13. The lowest BCUT2D eigenvalue weighted by Crippen LogP contribution is -2.45. The fourth-order valence-electron chi connectivity index (χ4n) is 2.37. The van der Waals surface area contributed by atoms with Gasteiger partial charge in [0.25, 0.3) is 0 Å². The lowest BCUT2D eigenvalue weighted by Gasteiger charge is -2.30. The molecule has 0 saturated carbocycles. The van der Waals surface area contributed by atoms with Crippen molar-refractivity contribution in [2.45, 2.75) is 38.5 Å². The molecule has 0 radical (unpaired) electrons. The minimum Gasteiger partial charge on any atom is -0.343 e. The Morgan fingerprint density at radius 3 is 2.20 bits per heavy atom. The summed E-state index contributed by atoms with van der Waals surface area (Å²) in [6, 6.07) is 0. The summed E-state index contributed by atoms with van der Waals surface area (Å²) in [5, 5.41) is 3.22. The SMILES string of the molecule is O=C(CC1CNC1)N1CCCCCCC1. The number of carbonyl (C=O) groups is 1. The summed E-state index contributed by atoms with van der Waals surface area (Å²) in [5.41, 5.74) is 0. The van der Waals surface area contributed by atoms with Crippen molar-refractivity contribution in [2.75, 3.05) is 26.2 Å². The first kappa shape index (κ1) is 10.9. The normalized spacial score (nSPS) is 24.1. The first-order valence-electron chi connectivity index (χ1n) is 6.35. The molecule has 2 saturated heterocycles. The predicted molar refractivity (Wildman–Crippen MR) is 60.6 cm³/mol. The number of amides is 1. The molecule has 1 amide bonds. The first-order valence-corrected chi connectivity index (χ1v) is 6.35. The minimum absolute atomic E-state index is 0.392. The van der Waals surface area contributed by atoms with E-state index < -0.39 is 0 Å². The van der Waals surface area contributed by atoms with Crippen LogP contribution in [0.2, 0.25) is 0 Å². The molecule has 2 heterocycles. The highest BCUT2D eigenvalue weighted by molar-refractivity contribution is 5.76. The molecule has 0 aliphatic carbocycles. The Balaban J connectivity index is 1.75. The first-order chi connectivity index (χ1) is 7.36. The van der Waals surface area contributed by atoms with Crippen LogP contribution in [0.25, 0.3) is 0 Å². The van der Waals surface area contributed by atoms with Crippen molar-refractivity contribution in [3.63, 3.8) is 0 Å². The molecule has 86 valence electrons. The molecule has 0 spiro atoms. The van der Waals surface area contributed by atoms with Gasteiger partial charge < -0.3 is 10.2 Å². The molecule has 3 nitrogen and oxygen atoms in total. The van der Waals surface area contributed by atoms with Gasteiger partial charge >= 0.3 is 0 Å². The average Bonchev–Trinajstić information content (AvgIpc) is 2.10. The molecule has 2 aliphatic rings. The van der Waals surface area contributed by atoms with Crippen molar-refractivity contribution in [3.05, 3.63) is 0 Å². The number of hydrogen-bond donors (Lipinski definition) is 1. The van der Waals surface area contributed by atoms with Gasteiger partial charge in [-0.2, -0.15) is 0 Å². The van der Waals surface area contributed by atoms with Crippen LogP contribution in [-0.4, -0.2) is 37.0 Å². The van der Waals surface area contributed by atoms with Crippen LogP contribution < -0.4 is 5.32 Å². The molecule has 15 heavy (non-hydrogen) atoms. The van der Waals surface area contributed by atoms with Crippen LogP contribution in [0.15, 0.2) is 0 Å². The second kappa shape index (κ2) is 5.50. The zero-order chi connectivity index (χ0) is 10.5. The average molecular weight is 210 g/mol. The monoisotopic (exact) mass is 210 g/mol. The number of nitrogens with one attached hydrogen (secondary N) is 1. The second-order valence-corrected chi connectivity index (χ2v) is 4.88. The molecule has 0 bridgehead atoms. The van der Waals surface area contributed by atoms with Crippen LogP contribution in [0.5, 0.6) is 0 Å². The van der Waals surface area contributed by atoms with Crippen molar-refractivity contribution in [1.82, 2.24) is 10.2 Å². The molecule has 0 aromatic heterocycles. The molecule has 2 rings (SSSR count). The molecule has 0 unspecified atom stereocenters. The van der Waals surface area contributed by atoms with E-state index in [1.165, 1.54) is 32.1 Å². The molecule has 1 N–H and O–H groups in total. The fourth-order valence-corrected chi connectivity index (χ4v) is 2.37. The molecule has 0 atom stereocenters. The van der Waals surface area contributed by atoms with E-state index in [0.717, 1.165) is 32.6 Å². The van der Waals surface area contributed by atoms with Crippen molar-refractivity contribution < 1.29 is 4.79 Å². The van der Waals surface area contributed by atoms with Gasteiger partial charge in [-0.3, -0.25) is 4.79 Å². The van der Waals surface area contributed by atoms with Crippen LogP contribution in [0.4, 0.5) is 0 Å². The van der Waals surface area contributed by atoms with E-state index in [0.29, 0.717) is 11.8 Å². The maximum absolute atomic E-state index is 12.0. The van der Waals surface area contributed by atoms with Gasteiger partial charge in [-0.1, -0.05) is 19.3 Å². The third kappa shape index (κ3) is 3.20. The van der Waals surface area contributed by atoms with E-state index in [1.807, 2.05) is 0 Å². The smallest absolute Gasteiger partial charge is 0.222 e. The standard InChI is InChI=1S/C12H22N2O/c15-12(8-11-9-13-10-11)14-6-4-2-1-3-5-7-14/h11,13H,1-10H2. The van der Waals surface area contributed by atoms with E-state index in [9.17, 15) is 4.79 Å². The summed E-state index contributed by atoms with van der Waals surface area (Å²) in [6.45, 7) is 4.08. The Morgan fingerprint density at radius 1 is 1.07 bits per heavy atom. The lowest BCUT2D eigenvalue weighted by molar-refractivity contribution is -0.132. The topological polar surface area (TPSA) is 32.3 Å². The van der Waals surface area contributed by atoms with Gasteiger partial charge in [0.15, 0.2) is 0 Å². The Labute approximate surface area is 92.2 Å². The maximum atomic E-state index is 12.0. The zero-order valence-corrected chi connectivity index (χ0v) is 9.50. The highest BCUT2D eigenvalue weighted by atomic mass is 16.2. The predicted octanol–water partition coefficient (Wildman–Crippen LogP) is 1.39. The van der Waals surface area contributed by atoms with Crippen molar-refractivity contribution in [3.8, 4) is 0 Å². The molecule has 0 aromatic carbocycles. The van der Waals surface area contributed by atoms with Gasteiger partial charge in [0.05, 0.1) is 0 Å². The summed E-state index contributed by atoms with van der Waals surface area (Å²) >= 11 is 0. The Kier molecular flexibility index (Phi) is 4.01. The third-order valence-corrected chi connectivity index (χ3v) is 3.54. The van der Waals surface area contributed by atoms with Crippen LogP contribution in [-0.2, 0) is 4.79 Å². The maximum Gasteiger partial charge on any atom is 0.222 e. The highest BCUT2D eigenvalue weighted by Crippen LogP contribution is 2.15. The van der Waals surface area contributed by atoms with Gasteiger partial charge in [0.1, 0.15) is 0 Å². The number of hydrogen-bond acceptors (Lipinski definition) is 2. The Hall–Kier alpha value is -0.570. The largest absolute Gasteiger partial charge is 0.343 e. The quantitative estimate of drug-likeness (QED) is 0.747. The molecular formula is C12H22N2O.